The van der Waals surface area contributed by atoms with E-state index in [-0.39, 0.29) is 0 Å². The van der Waals surface area contributed by atoms with Crippen LogP contribution in [0, 0.1) is 0 Å². The summed E-state index contributed by atoms with van der Waals surface area (Å²) in [7, 11) is 0. The van der Waals surface area contributed by atoms with Crippen LogP contribution < -0.4 is 0 Å². The van der Waals surface area contributed by atoms with Gasteiger partial charge in [0.1, 0.15) is 0 Å². The molecule has 2 nitrogen and oxygen atoms in total. The zero-order chi connectivity index (χ0) is 14.7. The van der Waals surface area contributed by atoms with Gasteiger partial charge in [0.15, 0.2) is 0 Å². The van der Waals surface area contributed by atoms with Gasteiger partial charge in [-0.1, -0.05) is 54.9 Å². The SMILES string of the molecule is CCSc1cc2[nH]nc(/C=C/c3ccccc3)c2cc1Cl. The minimum atomic E-state index is 0.783. The zero-order valence-electron chi connectivity index (χ0n) is 11.6. The number of nitrogens with zero attached hydrogens (tertiary/aromatic N) is 1. The van der Waals surface area contributed by atoms with Crippen molar-refractivity contribution in [3.05, 3.63) is 58.7 Å². The summed E-state index contributed by atoms with van der Waals surface area (Å²) in [6.45, 7) is 2.12. The molecule has 3 aromatic rings. The second-order valence-corrected chi connectivity index (χ2v) is 6.33. The van der Waals surface area contributed by atoms with Gasteiger partial charge in [-0.05, 0) is 29.5 Å². The third-order valence-corrected chi connectivity index (χ3v) is 4.54. The fraction of sp³-hybridized carbons (Fsp3) is 0.118. The van der Waals surface area contributed by atoms with E-state index in [0.717, 1.165) is 37.8 Å². The molecule has 3 rings (SSSR count). The van der Waals surface area contributed by atoms with E-state index < -0.39 is 0 Å². The second-order valence-electron chi connectivity index (χ2n) is 4.61. The average Bonchev–Trinajstić information content (AvgIpc) is 2.89. The largest absolute Gasteiger partial charge is 0.277 e. The molecular formula is C17H15ClN2S. The topological polar surface area (TPSA) is 28.7 Å². The third kappa shape index (κ3) is 3.14. The van der Waals surface area contributed by atoms with Crippen molar-refractivity contribution in [1.29, 1.82) is 0 Å². The smallest absolute Gasteiger partial charge is 0.0927 e. The van der Waals surface area contributed by atoms with Gasteiger partial charge in [0.25, 0.3) is 0 Å². The Hall–Kier alpha value is -1.71. The Kier molecular flexibility index (Phi) is 4.32. The summed E-state index contributed by atoms with van der Waals surface area (Å²) in [5.41, 5.74) is 3.07. The van der Waals surface area contributed by atoms with Gasteiger partial charge < -0.3 is 0 Å². The van der Waals surface area contributed by atoms with Crippen LogP contribution in [0.25, 0.3) is 23.1 Å². The monoisotopic (exact) mass is 314 g/mol. The number of nitrogens with one attached hydrogen (secondary N) is 1. The molecular weight excluding hydrogens is 300 g/mol. The van der Waals surface area contributed by atoms with E-state index in [1.165, 1.54) is 0 Å². The number of aromatic amines is 1. The van der Waals surface area contributed by atoms with Crippen molar-refractivity contribution in [2.24, 2.45) is 0 Å². The molecule has 0 aliphatic rings. The molecule has 0 bridgehead atoms. The van der Waals surface area contributed by atoms with Crippen molar-refractivity contribution in [3.8, 4) is 0 Å². The number of fused-ring (bicyclic) bond motifs is 1. The molecule has 0 saturated carbocycles. The van der Waals surface area contributed by atoms with Crippen LogP contribution >= 0.6 is 23.4 Å². The molecule has 0 atom stereocenters. The van der Waals surface area contributed by atoms with Gasteiger partial charge in [0.05, 0.1) is 16.2 Å². The highest BCUT2D eigenvalue weighted by Gasteiger charge is 2.08. The summed E-state index contributed by atoms with van der Waals surface area (Å²) in [5.74, 6) is 1.00. The van der Waals surface area contributed by atoms with E-state index in [4.69, 9.17) is 11.6 Å². The summed E-state index contributed by atoms with van der Waals surface area (Å²) >= 11 is 8.08. The van der Waals surface area contributed by atoms with E-state index in [1.54, 1.807) is 11.8 Å². The third-order valence-electron chi connectivity index (χ3n) is 3.18. The molecule has 2 aromatic carbocycles. The standard InChI is InChI=1S/C17H15ClN2S/c1-2-21-17-11-16-13(10-14(17)18)15(19-20-16)9-8-12-6-4-3-5-7-12/h3-11H,2H2,1H3,(H,19,20)/b9-8+. The first-order valence-electron chi connectivity index (χ1n) is 6.81. The fourth-order valence-corrected chi connectivity index (χ4v) is 3.21. The molecule has 0 aliphatic carbocycles. The molecule has 0 unspecified atom stereocenters. The highest BCUT2D eigenvalue weighted by atomic mass is 35.5. The predicted octanol–water partition coefficient (Wildman–Crippen LogP) is 5.50. The van der Waals surface area contributed by atoms with E-state index >= 15 is 0 Å². The molecule has 21 heavy (non-hydrogen) atoms. The van der Waals surface area contributed by atoms with Gasteiger partial charge in [-0.25, -0.2) is 0 Å². The molecule has 0 amide bonds. The van der Waals surface area contributed by atoms with Crippen LogP contribution in [-0.4, -0.2) is 16.0 Å². The van der Waals surface area contributed by atoms with Crippen molar-refractivity contribution < 1.29 is 0 Å². The summed E-state index contributed by atoms with van der Waals surface area (Å²) < 4.78 is 0. The summed E-state index contributed by atoms with van der Waals surface area (Å²) in [5, 5.41) is 9.28. The summed E-state index contributed by atoms with van der Waals surface area (Å²) in [6.07, 6.45) is 4.06. The Morgan fingerprint density at radius 3 is 2.76 bits per heavy atom. The van der Waals surface area contributed by atoms with E-state index in [0.29, 0.717) is 0 Å². The Labute approximate surface area is 133 Å². The number of rotatable bonds is 4. The van der Waals surface area contributed by atoms with Crippen LogP contribution in [0.4, 0.5) is 0 Å². The quantitative estimate of drug-likeness (QED) is 0.644. The molecule has 0 saturated heterocycles. The lowest BCUT2D eigenvalue weighted by Gasteiger charge is -2.02. The molecule has 106 valence electrons. The number of thioether (sulfide) groups is 1. The maximum Gasteiger partial charge on any atom is 0.0927 e. The van der Waals surface area contributed by atoms with Crippen LogP contribution in [-0.2, 0) is 0 Å². The van der Waals surface area contributed by atoms with Crippen LogP contribution in [0.5, 0.6) is 0 Å². The van der Waals surface area contributed by atoms with Crippen LogP contribution in [0.2, 0.25) is 5.02 Å². The Morgan fingerprint density at radius 2 is 2.00 bits per heavy atom. The molecule has 1 aromatic heterocycles. The van der Waals surface area contributed by atoms with Crippen LogP contribution in [0.3, 0.4) is 0 Å². The number of hydrogen-bond donors (Lipinski definition) is 1. The molecule has 1 heterocycles. The Morgan fingerprint density at radius 1 is 1.19 bits per heavy atom. The number of H-pyrrole nitrogens is 1. The molecule has 1 N–H and O–H groups in total. The van der Waals surface area contributed by atoms with Crippen LogP contribution in [0.1, 0.15) is 18.2 Å². The average molecular weight is 315 g/mol. The second kappa shape index (κ2) is 6.37. The van der Waals surface area contributed by atoms with Gasteiger partial charge in [-0.2, -0.15) is 5.10 Å². The maximum atomic E-state index is 6.34. The number of aromatic nitrogens is 2. The van der Waals surface area contributed by atoms with Gasteiger partial charge in [-0.3, -0.25) is 5.10 Å². The normalized spacial score (nSPS) is 11.5. The molecule has 0 radical (unpaired) electrons. The van der Waals surface area contributed by atoms with Crippen LogP contribution in [0.15, 0.2) is 47.4 Å². The van der Waals surface area contributed by atoms with Crippen molar-refractivity contribution >= 4 is 46.4 Å². The Bertz CT molecular complexity index is 778. The van der Waals surface area contributed by atoms with Gasteiger partial charge in [0.2, 0.25) is 0 Å². The van der Waals surface area contributed by atoms with Crippen molar-refractivity contribution in [2.75, 3.05) is 5.75 Å². The first-order valence-corrected chi connectivity index (χ1v) is 8.18. The molecule has 4 heteroatoms. The summed E-state index contributed by atoms with van der Waals surface area (Å²) in [6, 6.07) is 14.2. The maximum absolute atomic E-state index is 6.34. The minimum absolute atomic E-state index is 0.783. The lowest BCUT2D eigenvalue weighted by molar-refractivity contribution is 1.10. The van der Waals surface area contributed by atoms with Crippen molar-refractivity contribution in [3.63, 3.8) is 0 Å². The first kappa shape index (κ1) is 14.2. The molecule has 0 fully saturated rings. The lowest BCUT2D eigenvalue weighted by atomic mass is 10.1. The minimum Gasteiger partial charge on any atom is -0.277 e. The van der Waals surface area contributed by atoms with Gasteiger partial charge in [0, 0.05) is 10.3 Å². The van der Waals surface area contributed by atoms with Gasteiger partial charge >= 0.3 is 0 Å². The summed E-state index contributed by atoms with van der Waals surface area (Å²) in [4.78, 5) is 1.09. The highest BCUT2D eigenvalue weighted by molar-refractivity contribution is 7.99. The fourth-order valence-electron chi connectivity index (χ4n) is 2.17. The van der Waals surface area contributed by atoms with Crippen molar-refractivity contribution in [2.45, 2.75) is 11.8 Å². The number of halogens is 1. The number of hydrogen-bond acceptors (Lipinski definition) is 2. The zero-order valence-corrected chi connectivity index (χ0v) is 13.2. The molecule has 0 aliphatic heterocycles. The van der Waals surface area contributed by atoms with E-state index in [2.05, 4.69) is 41.4 Å². The highest BCUT2D eigenvalue weighted by Crippen LogP contribution is 2.32. The van der Waals surface area contributed by atoms with Gasteiger partial charge in [-0.15, -0.1) is 11.8 Å². The van der Waals surface area contributed by atoms with Crippen molar-refractivity contribution in [1.82, 2.24) is 10.2 Å². The molecule has 0 spiro atoms. The number of benzene rings is 2. The van der Waals surface area contributed by atoms with E-state index in [9.17, 15) is 0 Å². The van der Waals surface area contributed by atoms with E-state index in [1.807, 2.05) is 30.3 Å². The predicted molar refractivity (Wildman–Crippen MR) is 92.9 cm³/mol. The first-order chi connectivity index (χ1) is 10.3. The Balaban J connectivity index is 1.97. The lowest BCUT2D eigenvalue weighted by Crippen LogP contribution is -1.78.